The maximum atomic E-state index is 13.4. The summed E-state index contributed by atoms with van der Waals surface area (Å²) in [5.74, 6) is 1.67. The van der Waals surface area contributed by atoms with Gasteiger partial charge in [0.05, 0.1) is 5.92 Å². The van der Waals surface area contributed by atoms with Crippen molar-refractivity contribution in [3.63, 3.8) is 0 Å². The van der Waals surface area contributed by atoms with Crippen LogP contribution in [0.2, 0.25) is 0 Å². The van der Waals surface area contributed by atoms with Crippen molar-refractivity contribution >= 4 is 23.4 Å². The number of amides is 3. The molecule has 3 saturated carbocycles. The highest BCUT2D eigenvalue weighted by Gasteiger charge is 2.53. The fourth-order valence-corrected chi connectivity index (χ4v) is 7.14. The van der Waals surface area contributed by atoms with E-state index in [0.717, 1.165) is 18.8 Å². The summed E-state index contributed by atoms with van der Waals surface area (Å²) in [6.07, 6.45) is 6.99. The number of likely N-dealkylation sites (tertiary alicyclic amines) is 1. The van der Waals surface area contributed by atoms with Crippen LogP contribution in [-0.2, 0) is 4.79 Å². The van der Waals surface area contributed by atoms with Crippen LogP contribution in [0.25, 0.3) is 5.65 Å². The predicted octanol–water partition coefficient (Wildman–Crippen LogP) is 3.86. The summed E-state index contributed by atoms with van der Waals surface area (Å²) in [5.41, 5.74) is 1.76. The summed E-state index contributed by atoms with van der Waals surface area (Å²) in [7, 11) is 0. The van der Waals surface area contributed by atoms with Crippen molar-refractivity contribution < 1.29 is 14.4 Å². The molecule has 1 unspecified atom stereocenters. The van der Waals surface area contributed by atoms with E-state index in [9.17, 15) is 14.4 Å². The molecule has 37 heavy (non-hydrogen) atoms. The van der Waals surface area contributed by atoms with E-state index in [-0.39, 0.29) is 23.6 Å². The van der Waals surface area contributed by atoms with Crippen molar-refractivity contribution in [1.82, 2.24) is 24.5 Å². The van der Waals surface area contributed by atoms with Crippen molar-refractivity contribution in [3.8, 4) is 0 Å². The van der Waals surface area contributed by atoms with E-state index < -0.39 is 0 Å². The summed E-state index contributed by atoms with van der Waals surface area (Å²) in [6.45, 7) is 11.8. The van der Waals surface area contributed by atoms with Crippen LogP contribution in [0.4, 0.5) is 0 Å². The molecule has 6 rings (SSSR count). The number of aromatic nitrogens is 2. The van der Waals surface area contributed by atoms with E-state index >= 15 is 0 Å². The molecule has 2 aromatic rings. The summed E-state index contributed by atoms with van der Waals surface area (Å²) in [4.78, 5) is 47.6. The smallest absolute Gasteiger partial charge is 0.274 e. The molecule has 0 radical (unpaired) electrons. The Bertz CT molecular complexity index is 1180. The highest BCUT2D eigenvalue weighted by Crippen LogP contribution is 2.61. The number of carbonyl (C=O) groups excluding carboxylic acids is 3. The third-order valence-electron chi connectivity index (χ3n) is 9.60. The van der Waals surface area contributed by atoms with Crippen molar-refractivity contribution in [2.24, 2.45) is 29.1 Å². The molecule has 0 aromatic carbocycles. The van der Waals surface area contributed by atoms with E-state index in [1.54, 1.807) is 21.6 Å². The van der Waals surface area contributed by atoms with Gasteiger partial charge in [0.15, 0.2) is 0 Å². The van der Waals surface area contributed by atoms with Crippen molar-refractivity contribution in [2.75, 3.05) is 32.7 Å². The molecule has 1 aliphatic heterocycles. The first kappa shape index (κ1) is 25.7. The summed E-state index contributed by atoms with van der Waals surface area (Å²) >= 11 is 0. The van der Waals surface area contributed by atoms with Crippen LogP contribution in [0.3, 0.4) is 0 Å². The van der Waals surface area contributed by atoms with Crippen molar-refractivity contribution in [1.29, 1.82) is 0 Å². The Labute approximate surface area is 219 Å². The molecule has 0 spiro atoms. The minimum Gasteiger partial charge on any atom is -0.350 e. The lowest BCUT2D eigenvalue weighted by molar-refractivity contribution is -0.136. The number of imidazole rings is 1. The molecule has 4 fully saturated rings. The number of piperidine rings is 1. The number of hydrogen-bond acceptors (Lipinski definition) is 4. The number of carbonyl (C=O) groups is 3. The number of hydrogen-bond donors (Lipinski definition) is 1. The van der Waals surface area contributed by atoms with Crippen LogP contribution >= 0.6 is 0 Å². The number of rotatable bonds is 7. The average Bonchev–Trinajstić information content (AvgIpc) is 3.36. The standard InChI is InChI=1S/C29H41N5O3/c1-5-32(6-2)27(36)20-9-8-14-33(17-20)28(37)23-18-34-24(10-7-11-25(34)31-23)26(35)30-16-19-12-13-21-15-22(19)29(21,3)4/h7,10-11,18-22H,5-6,8-9,12-17H2,1-4H3,(H,30,35)/t19-,20?,21-,22-/m0/s1. The Morgan fingerprint density at radius 2 is 1.92 bits per heavy atom. The summed E-state index contributed by atoms with van der Waals surface area (Å²) in [5, 5.41) is 3.17. The van der Waals surface area contributed by atoms with Crippen LogP contribution in [0.5, 0.6) is 0 Å². The molecule has 1 N–H and O–H groups in total. The molecule has 1 saturated heterocycles. The topological polar surface area (TPSA) is 87.0 Å². The van der Waals surface area contributed by atoms with Gasteiger partial charge in [-0.2, -0.15) is 0 Å². The SMILES string of the molecule is CCN(CC)C(=O)C1CCCN(C(=O)c2cn3c(C(=O)NC[C@@H]4CC[C@H]5C[C@@H]4C5(C)C)cccc3n2)C1. The minimum atomic E-state index is -0.184. The van der Waals surface area contributed by atoms with Gasteiger partial charge < -0.3 is 15.1 Å². The van der Waals surface area contributed by atoms with Gasteiger partial charge in [-0.1, -0.05) is 19.9 Å². The lowest BCUT2D eigenvalue weighted by atomic mass is 9.45. The fraction of sp³-hybridized carbons (Fsp3) is 0.655. The van der Waals surface area contributed by atoms with Crippen LogP contribution in [0, 0.1) is 29.1 Å². The van der Waals surface area contributed by atoms with Gasteiger partial charge in [-0.05, 0) is 81.3 Å². The van der Waals surface area contributed by atoms with Gasteiger partial charge in [-0.3, -0.25) is 18.8 Å². The van der Waals surface area contributed by atoms with Gasteiger partial charge in [-0.25, -0.2) is 4.98 Å². The Balaban J connectivity index is 1.27. The number of nitrogens with one attached hydrogen (secondary N) is 1. The summed E-state index contributed by atoms with van der Waals surface area (Å²) < 4.78 is 1.72. The highest BCUT2D eigenvalue weighted by atomic mass is 16.2. The maximum Gasteiger partial charge on any atom is 0.274 e. The maximum absolute atomic E-state index is 13.4. The van der Waals surface area contributed by atoms with E-state index in [1.165, 1.54) is 19.3 Å². The summed E-state index contributed by atoms with van der Waals surface area (Å²) in [6, 6.07) is 5.40. The van der Waals surface area contributed by atoms with Crippen LogP contribution in [0.1, 0.15) is 80.8 Å². The predicted molar refractivity (Wildman–Crippen MR) is 142 cm³/mol. The first-order valence-electron chi connectivity index (χ1n) is 14.1. The number of fused-ring (bicyclic) bond motifs is 3. The number of nitrogens with zero attached hydrogens (tertiary/aromatic N) is 4. The van der Waals surface area contributed by atoms with E-state index in [2.05, 4.69) is 24.1 Å². The second kappa shape index (κ2) is 10.1. The zero-order chi connectivity index (χ0) is 26.3. The zero-order valence-corrected chi connectivity index (χ0v) is 22.7. The molecule has 8 heteroatoms. The molecule has 3 heterocycles. The molecule has 200 valence electrons. The molecule has 3 amide bonds. The monoisotopic (exact) mass is 507 g/mol. The van der Waals surface area contributed by atoms with E-state index in [4.69, 9.17) is 0 Å². The Hall–Kier alpha value is -2.90. The molecule has 2 bridgehead atoms. The van der Waals surface area contributed by atoms with Crippen molar-refractivity contribution in [3.05, 3.63) is 35.8 Å². The minimum absolute atomic E-state index is 0.121. The Morgan fingerprint density at radius 3 is 2.62 bits per heavy atom. The van der Waals surface area contributed by atoms with Crippen molar-refractivity contribution in [2.45, 2.75) is 59.8 Å². The van der Waals surface area contributed by atoms with Gasteiger partial charge in [-0.15, -0.1) is 0 Å². The fourth-order valence-electron chi connectivity index (χ4n) is 7.14. The lowest BCUT2D eigenvalue weighted by Crippen LogP contribution is -2.54. The molecule has 4 aliphatic rings. The lowest BCUT2D eigenvalue weighted by Gasteiger charge is -2.60. The Morgan fingerprint density at radius 1 is 1.14 bits per heavy atom. The first-order chi connectivity index (χ1) is 17.7. The van der Waals surface area contributed by atoms with Crippen LogP contribution in [0.15, 0.2) is 24.4 Å². The zero-order valence-electron chi connectivity index (χ0n) is 22.7. The second-order valence-electron chi connectivity index (χ2n) is 11.8. The van der Waals surface area contributed by atoms with Gasteiger partial charge >= 0.3 is 0 Å². The largest absolute Gasteiger partial charge is 0.350 e. The highest BCUT2D eigenvalue weighted by molar-refractivity contribution is 5.96. The molecule has 4 atom stereocenters. The van der Waals surface area contributed by atoms with Crippen LogP contribution < -0.4 is 5.32 Å². The molecule has 2 aromatic heterocycles. The molecule has 3 aliphatic carbocycles. The first-order valence-corrected chi connectivity index (χ1v) is 14.1. The van der Waals surface area contributed by atoms with E-state index in [1.807, 2.05) is 30.9 Å². The molecular weight excluding hydrogens is 466 g/mol. The van der Waals surface area contributed by atoms with Gasteiger partial charge in [0.2, 0.25) is 5.91 Å². The average molecular weight is 508 g/mol. The van der Waals surface area contributed by atoms with Gasteiger partial charge in [0, 0.05) is 38.9 Å². The second-order valence-corrected chi connectivity index (χ2v) is 11.8. The number of pyridine rings is 1. The van der Waals surface area contributed by atoms with E-state index in [0.29, 0.717) is 67.0 Å². The van der Waals surface area contributed by atoms with Gasteiger partial charge in [0.1, 0.15) is 17.0 Å². The third-order valence-corrected chi connectivity index (χ3v) is 9.60. The quantitative estimate of drug-likeness (QED) is 0.617. The van der Waals surface area contributed by atoms with Crippen LogP contribution in [-0.4, -0.2) is 69.6 Å². The Kier molecular flexibility index (Phi) is 7.03. The molecular formula is C29H41N5O3. The van der Waals surface area contributed by atoms with Gasteiger partial charge in [0.25, 0.3) is 11.8 Å². The normalized spacial score (nSPS) is 26.4. The molecule has 8 nitrogen and oxygen atoms in total. The third kappa shape index (κ3) is 4.64.